The topological polar surface area (TPSA) is 64.4 Å². The molecular formula is C5H13N3S. The highest BCUT2D eigenvalue weighted by atomic mass is 32.1. The fourth-order valence-corrected chi connectivity index (χ4v) is 0.812. The van der Waals surface area contributed by atoms with E-state index in [9.17, 15) is 0 Å². The molecule has 1 atom stereocenters. The van der Waals surface area contributed by atoms with E-state index in [2.05, 4.69) is 17.6 Å². The Morgan fingerprint density at radius 2 is 2.22 bits per heavy atom. The van der Waals surface area contributed by atoms with Crippen LogP contribution in [-0.2, 0) is 0 Å². The average molecular weight is 147 g/mol. The molecule has 0 aliphatic carbocycles. The zero-order chi connectivity index (χ0) is 7.28. The van der Waals surface area contributed by atoms with Gasteiger partial charge in [-0.05, 0) is 6.42 Å². The van der Waals surface area contributed by atoms with E-state index < -0.39 is 0 Å². The third-order valence-corrected chi connectivity index (χ3v) is 1.44. The van der Waals surface area contributed by atoms with Crippen molar-refractivity contribution < 1.29 is 0 Å². The molecule has 0 spiro atoms. The minimum atomic E-state index is 0.149. The highest BCUT2D eigenvalue weighted by molar-refractivity contribution is 7.80. The maximum atomic E-state index is 5.14. The number of thiol groups is 1. The van der Waals surface area contributed by atoms with Crippen molar-refractivity contribution in [2.75, 3.05) is 5.75 Å². The van der Waals surface area contributed by atoms with Crippen LogP contribution in [0, 0.1) is 0 Å². The zero-order valence-corrected chi connectivity index (χ0v) is 6.44. The number of nitrogens with zero attached hydrogens (tertiary/aromatic N) is 1. The molecule has 0 aliphatic rings. The van der Waals surface area contributed by atoms with E-state index in [0.717, 1.165) is 6.42 Å². The molecule has 0 fully saturated rings. The second-order valence-corrected chi connectivity index (χ2v) is 2.16. The quantitative estimate of drug-likeness (QED) is 0.298. The van der Waals surface area contributed by atoms with E-state index in [0.29, 0.717) is 5.75 Å². The summed E-state index contributed by atoms with van der Waals surface area (Å²) in [6.45, 7) is 2.02. The number of hydrogen-bond acceptors (Lipinski definition) is 2. The van der Waals surface area contributed by atoms with Gasteiger partial charge in [0.05, 0.1) is 6.04 Å². The summed E-state index contributed by atoms with van der Waals surface area (Å²) in [4.78, 5) is 3.91. The van der Waals surface area contributed by atoms with Gasteiger partial charge in [0.2, 0.25) is 0 Å². The second-order valence-electron chi connectivity index (χ2n) is 1.80. The first-order valence-electron chi connectivity index (χ1n) is 2.90. The Hall–Kier alpha value is -0.380. The van der Waals surface area contributed by atoms with Gasteiger partial charge in [0.1, 0.15) is 0 Å². The third kappa shape index (κ3) is 4.14. The Morgan fingerprint density at radius 1 is 1.67 bits per heavy atom. The Morgan fingerprint density at radius 3 is 2.33 bits per heavy atom. The molecule has 4 heteroatoms. The van der Waals surface area contributed by atoms with Crippen LogP contribution in [0.15, 0.2) is 4.99 Å². The molecule has 0 rings (SSSR count). The van der Waals surface area contributed by atoms with Crippen molar-refractivity contribution in [3.63, 3.8) is 0 Å². The highest BCUT2D eigenvalue weighted by Gasteiger charge is 1.98. The summed E-state index contributed by atoms with van der Waals surface area (Å²) in [7, 11) is 0. The van der Waals surface area contributed by atoms with Gasteiger partial charge in [-0.25, -0.2) is 4.99 Å². The van der Waals surface area contributed by atoms with Crippen LogP contribution in [0.2, 0.25) is 0 Å². The predicted octanol–water partition coefficient (Wildman–Crippen LogP) is -0.0318. The maximum absolute atomic E-state index is 5.14. The summed E-state index contributed by atoms with van der Waals surface area (Å²) in [6.07, 6.45) is 0.932. The van der Waals surface area contributed by atoms with Crippen LogP contribution in [0.4, 0.5) is 0 Å². The molecule has 0 aromatic heterocycles. The van der Waals surface area contributed by atoms with E-state index in [1.54, 1.807) is 0 Å². The van der Waals surface area contributed by atoms with Gasteiger partial charge in [-0.2, -0.15) is 12.6 Å². The normalized spacial score (nSPS) is 12.7. The molecule has 0 unspecified atom stereocenters. The van der Waals surface area contributed by atoms with Crippen LogP contribution in [0.1, 0.15) is 13.3 Å². The lowest BCUT2D eigenvalue weighted by Crippen LogP contribution is -2.25. The van der Waals surface area contributed by atoms with Crippen molar-refractivity contribution >= 4 is 18.6 Å². The number of guanidine groups is 1. The van der Waals surface area contributed by atoms with Crippen molar-refractivity contribution in [2.45, 2.75) is 19.4 Å². The molecule has 0 saturated carbocycles. The van der Waals surface area contributed by atoms with Gasteiger partial charge >= 0.3 is 0 Å². The summed E-state index contributed by atoms with van der Waals surface area (Å²) in [5.41, 5.74) is 10.3. The summed E-state index contributed by atoms with van der Waals surface area (Å²) < 4.78 is 0. The lowest BCUT2D eigenvalue weighted by molar-refractivity contribution is 0.726. The monoisotopic (exact) mass is 147 g/mol. The first kappa shape index (κ1) is 8.62. The van der Waals surface area contributed by atoms with Gasteiger partial charge in [-0.3, -0.25) is 0 Å². The Kier molecular flexibility index (Phi) is 4.30. The van der Waals surface area contributed by atoms with Gasteiger partial charge < -0.3 is 11.5 Å². The average Bonchev–Trinajstić information content (AvgIpc) is 1.82. The molecule has 54 valence electrons. The van der Waals surface area contributed by atoms with E-state index in [-0.39, 0.29) is 12.0 Å². The van der Waals surface area contributed by atoms with Crippen molar-refractivity contribution in [3.8, 4) is 0 Å². The standard InChI is InChI=1S/C5H13N3S/c1-2-4(3-9)8-5(6)7/h4,9H,2-3H2,1H3,(H4,6,7,8)/t4-/m0/s1. The highest BCUT2D eigenvalue weighted by Crippen LogP contribution is 1.97. The molecule has 9 heavy (non-hydrogen) atoms. The molecular weight excluding hydrogens is 134 g/mol. The largest absolute Gasteiger partial charge is 0.370 e. The van der Waals surface area contributed by atoms with Crippen LogP contribution in [0.3, 0.4) is 0 Å². The van der Waals surface area contributed by atoms with Crippen molar-refractivity contribution in [3.05, 3.63) is 0 Å². The van der Waals surface area contributed by atoms with E-state index in [4.69, 9.17) is 11.5 Å². The van der Waals surface area contributed by atoms with Crippen molar-refractivity contribution in [2.24, 2.45) is 16.5 Å². The SMILES string of the molecule is CC[C@@H](CS)N=C(N)N. The fourth-order valence-electron chi connectivity index (χ4n) is 0.472. The lowest BCUT2D eigenvalue weighted by atomic mass is 10.3. The van der Waals surface area contributed by atoms with Crippen LogP contribution in [0.5, 0.6) is 0 Å². The zero-order valence-electron chi connectivity index (χ0n) is 5.54. The molecule has 3 nitrogen and oxygen atoms in total. The maximum Gasteiger partial charge on any atom is 0.186 e. The Labute approximate surface area is 60.9 Å². The second kappa shape index (κ2) is 4.49. The molecule has 0 aromatic carbocycles. The molecule has 0 radical (unpaired) electrons. The van der Waals surface area contributed by atoms with Crippen LogP contribution in [-0.4, -0.2) is 17.8 Å². The fraction of sp³-hybridized carbons (Fsp3) is 0.800. The first-order valence-corrected chi connectivity index (χ1v) is 3.53. The van der Waals surface area contributed by atoms with E-state index >= 15 is 0 Å². The predicted molar refractivity (Wildman–Crippen MR) is 43.7 cm³/mol. The Balaban J connectivity index is 3.68. The molecule has 0 amide bonds. The molecule has 0 aliphatic heterocycles. The molecule has 0 saturated heterocycles. The van der Waals surface area contributed by atoms with Gasteiger partial charge in [0.25, 0.3) is 0 Å². The Bertz CT molecular complexity index is 94.4. The minimum absolute atomic E-state index is 0.149. The minimum Gasteiger partial charge on any atom is -0.370 e. The summed E-state index contributed by atoms with van der Waals surface area (Å²) in [5, 5.41) is 0. The smallest absolute Gasteiger partial charge is 0.186 e. The van der Waals surface area contributed by atoms with Gasteiger partial charge in [0, 0.05) is 5.75 Å². The summed E-state index contributed by atoms with van der Waals surface area (Å²) in [5.74, 6) is 0.852. The summed E-state index contributed by atoms with van der Waals surface area (Å²) in [6, 6.07) is 0.179. The van der Waals surface area contributed by atoms with Crippen molar-refractivity contribution in [1.29, 1.82) is 0 Å². The van der Waals surface area contributed by atoms with E-state index in [1.807, 2.05) is 6.92 Å². The molecule has 4 N–H and O–H groups in total. The van der Waals surface area contributed by atoms with Crippen LogP contribution >= 0.6 is 12.6 Å². The van der Waals surface area contributed by atoms with Gasteiger partial charge in [-0.15, -0.1) is 0 Å². The molecule has 0 heterocycles. The number of rotatable bonds is 3. The number of nitrogens with two attached hydrogens (primary N) is 2. The number of hydrogen-bond donors (Lipinski definition) is 3. The van der Waals surface area contributed by atoms with Gasteiger partial charge in [0.15, 0.2) is 5.96 Å². The van der Waals surface area contributed by atoms with E-state index in [1.165, 1.54) is 0 Å². The van der Waals surface area contributed by atoms with Crippen LogP contribution in [0.25, 0.3) is 0 Å². The van der Waals surface area contributed by atoms with Gasteiger partial charge in [-0.1, -0.05) is 6.92 Å². The third-order valence-electron chi connectivity index (χ3n) is 1.01. The first-order chi connectivity index (χ1) is 4.20. The number of aliphatic imine (C=N–C) groups is 1. The van der Waals surface area contributed by atoms with Crippen molar-refractivity contribution in [1.82, 2.24) is 0 Å². The molecule has 0 bridgehead atoms. The summed E-state index contributed by atoms with van der Waals surface area (Å²) >= 11 is 4.05. The van der Waals surface area contributed by atoms with Crippen LogP contribution < -0.4 is 11.5 Å². The molecule has 0 aromatic rings. The lowest BCUT2D eigenvalue weighted by Gasteiger charge is -2.04.